The molecule has 0 N–H and O–H groups in total. The average molecular weight is 583 g/mol. The molecule has 1 spiro atoms. The van der Waals surface area contributed by atoms with Crippen LogP contribution in [0.25, 0.3) is 0 Å². The summed E-state index contributed by atoms with van der Waals surface area (Å²) in [6.45, 7) is 11.5. The fourth-order valence-electron chi connectivity index (χ4n) is 7.38. The van der Waals surface area contributed by atoms with Gasteiger partial charge in [0.05, 0.1) is 28.8 Å². The molecule has 1 amide bonds. The molecule has 3 unspecified atom stereocenters. The molecule has 1 aromatic rings. The predicted molar refractivity (Wildman–Crippen MR) is 168 cm³/mol. The number of aliphatic imine (C=N–C) groups is 1. The van der Waals surface area contributed by atoms with Gasteiger partial charge in [-0.3, -0.25) is 14.7 Å². The molecule has 2 saturated heterocycles. The third-order valence-electron chi connectivity index (χ3n) is 9.55. The normalized spacial score (nSPS) is 26.9. The average Bonchev–Trinajstić information content (AvgIpc) is 3.42. The Kier molecular flexibility index (Phi) is 9.41. The number of amides is 1. The van der Waals surface area contributed by atoms with Crippen molar-refractivity contribution in [1.29, 1.82) is 0 Å². The van der Waals surface area contributed by atoms with E-state index in [4.69, 9.17) is 26.3 Å². The van der Waals surface area contributed by atoms with Crippen LogP contribution in [0.1, 0.15) is 64.9 Å². The summed E-state index contributed by atoms with van der Waals surface area (Å²) >= 11 is 7.12. The van der Waals surface area contributed by atoms with Gasteiger partial charge in [-0.2, -0.15) is 0 Å². The van der Waals surface area contributed by atoms with Crippen LogP contribution in [-0.2, 0) is 9.53 Å². The van der Waals surface area contributed by atoms with Crippen LogP contribution < -0.4 is 9.80 Å². The highest BCUT2D eigenvalue weighted by atomic mass is 35.5. The lowest BCUT2D eigenvalue weighted by Crippen LogP contribution is -2.53. The van der Waals surface area contributed by atoms with E-state index < -0.39 is 0 Å². The highest BCUT2D eigenvalue weighted by molar-refractivity contribution is 6.33. The van der Waals surface area contributed by atoms with Crippen molar-refractivity contribution in [2.45, 2.75) is 77.0 Å². The Bertz CT molecular complexity index is 1190. The molecule has 8 nitrogen and oxygen atoms in total. The second-order valence-electron chi connectivity index (χ2n) is 12.2. The minimum atomic E-state index is -0.128. The number of aromatic nitrogens is 1. The Labute approximate surface area is 251 Å². The lowest BCUT2D eigenvalue weighted by Gasteiger charge is -2.43. The maximum Gasteiger partial charge on any atom is 0.215 e. The van der Waals surface area contributed by atoms with E-state index in [9.17, 15) is 4.79 Å². The molecule has 224 valence electrons. The SMILES string of the molecule is CCC1=CC=CC(CC)C1N(C=O)c1nc(N2CCOC3(CCCC3)C2)c(Cl)cc1/C(=N\C)N1CCN(C)CC1C. The number of piperazine rings is 1. The van der Waals surface area contributed by atoms with Crippen LogP contribution in [0.3, 0.4) is 0 Å². The van der Waals surface area contributed by atoms with Crippen molar-refractivity contribution in [3.63, 3.8) is 0 Å². The first-order valence-corrected chi connectivity index (χ1v) is 15.8. The van der Waals surface area contributed by atoms with E-state index in [-0.39, 0.29) is 23.6 Å². The minimum Gasteiger partial charge on any atom is -0.371 e. The van der Waals surface area contributed by atoms with E-state index in [1.165, 1.54) is 18.4 Å². The number of allylic oxidation sites excluding steroid dienone is 2. The molecule has 5 rings (SSSR count). The lowest BCUT2D eigenvalue weighted by molar-refractivity contribution is -0.108. The number of morpholine rings is 1. The first-order chi connectivity index (χ1) is 19.8. The number of amidine groups is 1. The number of pyridine rings is 1. The van der Waals surface area contributed by atoms with Gasteiger partial charge in [0.15, 0.2) is 0 Å². The molecular weight excluding hydrogens is 536 g/mol. The first kappa shape index (κ1) is 30.1. The molecule has 0 bridgehead atoms. The van der Waals surface area contributed by atoms with Gasteiger partial charge in [0, 0.05) is 51.7 Å². The van der Waals surface area contributed by atoms with Crippen LogP contribution in [0.2, 0.25) is 5.02 Å². The standard InChI is InChI=1S/C32H47ClN6O2/c1-6-24-11-10-12-25(7-2)28(24)39(22-40)30-26(29(34-4)38-16-15-36(5)20-23(38)3)19-27(33)31(35-30)37-17-18-41-32(21-37)13-8-9-14-32/h10-12,19,22-24,28H,6-9,13-18,20-21H2,1-5H3/b34-29+. The molecule has 1 aromatic heterocycles. The van der Waals surface area contributed by atoms with Crippen LogP contribution >= 0.6 is 11.6 Å². The minimum absolute atomic E-state index is 0.110. The topological polar surface area (TPSA) is 64.5 Å². The van der Waals surface area contributed by atoms with Crippen LogP contribution in [0.4, 0.5) is 11.6 Å². The van der Waals surface area contributed by atoms with E-state index in [1.807, 2.05) is 18.0 Å². The number of anilines is 2. The van der Waals surface area contributed by atoms with Crippen molar-refractivity contribution in [1.82, 2.24) is 14.8 Å². The smallest absolute Gasteiger partial charge is 0.215 e. The Morgan fingerprint density at radius 1 is 1.27 bits per heavy atom. The van der Waals surface area contributed by atoms with E-state index in [0.29, 0.717) is 17.4 Å². The van der Waals surface area contributed by atoms with Crippen molar-refractivity contribution in [3.05, 3.63) is 40.5 Å². The fourth-order valence-corrected chi connectivity index (χ4v) is 7.65. The molecule has 3 heterocycles. The summed E-state index contributed by atoms with van der Waals surface area (Å²) in [6, 6.07) is 2.16. The van der Waals surface area contributed by atoms with E-state index in [1.54, 1.807) is 0 Å². The largest absolute Gasteiger partial charge is 0.371 e. The maximum atomic E-state index is 13.2. The number of likely N-dealkylation sites (N-methyl/N-ethyl adjacent to an activating group) is 1. The summed E-state index contributed by atoms with van der Waals surface area (Å²) in [5.41, 5.74) is 1.92. The summed E-state index contributed by atoms with van der Waals surface area (Å²) in [4.78, 5) is 32.1. The molecular formula is C32H47ClN6O2. The maximum absolute atomic E-state index is 13.2. The Hall–Kier alpha value is -2.42. The molecule has 9 heteroatoms. The number of hydrogen-bond donors (Lipinski definition) is 0. The van der Waals surface area contributed by atoms with E-state index in [0.717, 1.165) is 82.0 Å². The van der Waals surface area contributed by atoms with Gasteiger partial charge in [0.1, 0.15) is 17.5 Å². The molecule has 4 aliphatic rings. The van der Waals surface area contributed by atoms with E-state index in [2.05, 4.69) is 60.7 Å². The second-order valence-corrected chi connectivity index (χ2v) is 12.6. The number of halogens is 1. The third kappa shape index (κ3) is 5.93. The summed E-state index contributed by atoms with van der Waals surface area (Å²) in [5, 5.41) is 0.592. The molecule has 41 heavy (non-hydrogen) atoms. The van der Waals surface area contributed by atoms with Gasteiger partial charge in [-0.1, -0.05) is 56.5 Å². The van der Waals surface area contributed by atoms with Gasteiger partial charge in [-0.25, -0.2) is 4.98 Å². The van der Waals surface area contributed by atoms with Crippen LogP contribution in [0, 0.1) is 5.92 Å². The van der Waals surface area contributed by atoms with Gasteiger partial charge in [-0.15, -0.1) is 0 Å². The van der Waals surface area contributed by atoms with Crippen molar-refractivity contribution in [3.8, 4) is 0 Å². The van der Waals surface area contributed by atoms with Crippen LogP contribution in [0.5, 0.6) is 0 Å². The molecule has 3 fully saturated rings. The van der Waals surface area contributed by atoms with Crippen molar-refractivity contribution in [2.75, 3.05) is 63.2 Å². The third-order valence-corrected chi connectivity index (χ3v) is 9.83. The summed E-state index contributed by atoms with van der Waals surface area (Å²) < 4.78 is 6.32. The van der Waals surface area contributed by atoms with Crippen LogP contribution in [-0.4, -0.2) is 98.1 Å². The highest BCUT2D eigenvalue weighted by Gasteiger charge is 2.41. The van der Waals surface area contributed by atoms with Gasteiger partial charge in [0.25, 0.3) is 0 Å². The van der Waals surface area contributed by atoms with Gasteiger partial charge >= 0.3 is 0 Å². The number of ether oxygens (including phenoxy) is 1. The van der Waals surface area contributed by atoms with Crippen LogP contribution in [0.15, 0.2) is 34.9 Å². The number of carbonyl (C=O) groups excluding carboxylic acids is 1. The molecule has 0 radical (unpaired) electrons. The second kappa shape index (κ2) is 12.8. The molecule has 2 aliphatic heterocycles. The predicted octanol–water partition coefficient (Wildman–Crippen LogP) is 5.16. The summed E-state index contributed by atoms with van der Waals surface area (Å²) in [6.07, 6.45) is 13.8. The quantitative estimate of drug-likeness (QED) is 0.251. The van der Waals surface area contributed by atoms with Gasteiger partial charge in [0.2, 0.25) is 6.41 Å². The molecule has 2 aliphatic carbocycles. The zero-order valence-corrected chi connectivity index (χ0v) is 26.2. The Morgan fingerprint density at radius 3 is 2.71 bits per heavy atom. The molecule has 1 saturated carbocycles. The Balaban J connectivity index is 1.63. The van der Waals surface area contributed by atoms with Crippen molar-refractivity contribution < 1.29 is 9.53 Å². The molecule has 0 aromatic carbocycles. The van der Waals surface area contributed by atoms with E-state index >= 15 is 0 Å². The van der Waals surface area contributed by atoms with Crippen molar-refractivity contribution in [2.24, 2.45) is 10.9 Å². The fraction of sp³-hybridized carbons (Fsp3) is 0.656. The number of carbonyl (C=O) groups is 1. The van der Waals surface area contributed by atoms with Crippen molar-refractivity contribution >= 4 is 35.5 Å². The first-order valence-electron chi connectivity index (χ1n) is 15.5. The lowest BCUT2D eigenvalue weighted by atomic mass is 9.84. The highest BCUT2D eigenvalue weighted by Crippen LogP contribution is 2.41. The van der Waals surface area contributed by atoms with Gasteiger partial charge < -0.3 is 19.4 Å². The monoisotopic (exact) mass is 582 g/mol. The number of rotatable bonds is 7. The summed E-state index contributed by atoms with van der Waals surface area (Å²) in [7, 11) is 3.99. The zero-order chi connectivity index (χ0) is 29.1. The van der Waals surface area contributed by atoms with Gasteiger partial charge in [-0.05, 0) is 51.3 Å². The molecule has 3 atom stereocenters. The zero-order valence-electron chi connectivity index (χ0n) is 25.5. The number of hydrogen-bond acceptors (Lipinski definition) is 6. The summed E-state index contributed by atoms with van der Waals surface area (Å²) in [5.74, 6) is 2.40. The number of nitrogens with zero attached hydrogens (tertiary/aromatic N) is 6. The Morgan fingerprint density at radius 2 is 2.05 bits per heavy atom.